The number of piperidine rings is 1. The Morgan fingerprint density at radius 2 is 2.20 bits per heavy atom. The van der Waals surface area contributed by atoms with Gasteiger partial charge in [0.2, 0.25) is 10.0 Å². The van der Waals surface area contributed by atoms with E-state index in [1.807, 2.05) is 0 Å². The number of sulfonamides is 1. The zero-order valence-electron chi connectivity index (χ0n) is 11.5. The fraction of sp³-hybridized carbons (Fsp3) is 0.571. The van der Waals surface area contributed by atoms with E-state index in [0.29, 0.717) is 24.6 Å². The molecule has 1 aromatic carbocycles. The van der Waals surface area contributed by atoms with Crippen molar-refractivity contribution in [3.63, 3.8) is 0 Å². The predicted molar refractivity (Wildman–Crippen MR) is 77.7 cm³/mol. The van der Waals surface area contributed by atoms with E-state index in [4.69, 9.17) is 11.6 Å². The molecule has 0 saturated carbocycles. The molecule has 112 valence electrons. The summed E-state index contributed by atoms with van der Waals surface area (Å²) in [6, 6.07) is 4.02. The summed E-state index contributed by atoms with van der Waals surface area (Å²) in [4.78, 5) is -0.257. The normalized spacial score (nSPS) is 21.1. The Hall–Kier alpha value is -0.650. The quantitative estimate of drug-likeness (QED) is 0.798. The summed E-state index contributed by atoms with van der Waals surface area (Å²) in [5.74, 6) is -0.185. The molecule has 20 heavy (non-hydrogen) atoms. The molecule has 1 aliphatic rings. The second-order valence-corrected chi connectivity index (χ2v) is 7.35. The first kappa shape index (κ1) is 15.7. The standard InChI is InChI=1S/C14H19ClFNO2S/c1-2-11-4-3-7-17(10-11)20(18,19)14-8-12(9-15)5-6-13(14)16/h5-6,8,11H,2-4,7,9-10H2,1H3. The molecule has 0 bridgehead atoms. The predicted octanol–water partition coefficient (Wildman–Crippen LogP) is 3.38. The molecule has 0 N–H and O–H groups in total. The second-order valence-electron chi connectivity index (χ2n) is 5.18. The van der Waals surface area contributed by atoms with Crippen LogP contribution in [0, 0.1) is 11.7 Å². The minimum absolute atomic E-state index is 0.167. The number of hydrogen-bond donors (Lipinski definition) is 0. The van der Waals surface area contributed by atoms with Crippen molar-refractivity contribution in [2.24, 2.45) is 5.92 Å². The first-order valence-corrected chi connectivity index (χ1v) is 8.81. The van der Waals surface area contributed by atoms with Crippen molar-refractivity contribution in [2.75, 3.05) is 13.1 Å². The van der Waals surface area contributed by atoms with E-state index in [-0.39, 0.29) is 10.8 Å². The third-order valence-corrected chi connectivity index (χ3v) is 6.02. The van der Waals surface area contributed by atoms with E-state index in [1.165, 1.54) is 22.5 Å². The zero-order chi connectivity index (χ0) is 14.8. The third-order valence-electron chi connectivity index (χ3n) is 3.83. The van der Waals surface area contributed by atoms with Crippen LogP contribution in [0.2, 0.25) is 0 Å². The number of nitrogens with zero attached hydrogens (tertiary/aromatic N) is 1. The smallest absolute Gasteiger partial charge is 0.207 e. The van der Waals surface area contributed by atoms with Crippen molar-refractivity contribution < 1.29 is 12.8 Å². The maximum Gasteiger partial charge on any atom is 0.246 e. The highest BCUT2D eigenvalue weighted by Crippen LogP contribution is 2.27. The number of hydrogen-bond acceptors (Lipinski definition) is 2. The van der Waals surface area contributed by atoms with Gasteiger partial charge in [-0.3, -0.25) is 0 Å². The van der Waals surface area contributed by atoms with Crippen LogP contribution >= 0.6 is 11.6 Å². The van der Waals surface area contributed by atoms with Crippen LogP contribution in [0.15, 0.2) is 23.1 Å². The third kappa shape index (κ3) is 3.15. The Bertz CT molecular complexity index is 577. The van der Waals surface area contributed by atoms with Crippen molar-refractivity contribution in [1.82, 2.24) is 4.31 Å². The van der Waals surface area contributed by atoms with Gasteiger partial charge < -0.3 is 0 Å². The lowest BCUT2D eigenvalue weighted by Crippen LogP contribution is -2.40. The van der Waals surface area contributed by atoms with Gasteiger partial charge in [-0.25, -0.2) is 12.8 Å². The molecule has 1 unspecified atom stereocenters. The summed E-state index contributed by atoms with van der Waals surface area (Å²) in [6.07, 6.45) is 2.80. The van der Waals surface area contributed by atoms with Gasteiger partial charge in [-0.15, -0.1) is 11.6 Å². The van der Waals surface area contributed by atoms with E-state index in [1.54, 1.807) is 0 Å². The molecular formula is C14H19ClFNO2S. The van der Waals surface area contributed by atoms with Gasteiger partial charge in [0, 0.05) is 19.0 Å². The number of rotatable bonds is 4. The first-order valence-electron chi connectivity index (χ1n) is 6.83. The Balaban J connectivity index is 2.34. The molecule has 0 spiro atoms. The van der Waals surface area contributed by atoms with Crippen molar-refractivity contribution in [1.29, 1.82) is 0 Å². The Labute approximate surface area is 124 Å². The van der Waals surface area contributed by atoms with Gasteiger partial charge in [0.15, 0.2) is 0 Å². The summed E-state index contributed by atoms with van der Waals surface area (Å²) < 4.78 is 40.5. The van der Waals surface area contributed by atoms with Crippen LogP contribution in [0.5, 0.6) is 0 Å². The molecule has 1 aliphatic heterocycles. The van der Waals surface area contributed by atoms with Gasteiger partial charge in [0.05, 0.1) is 0 Å². The number of benzene rings is 1. The largest absolute Gasteiger partial charge is 0.246 e. The molecule has 0 radical (unpaired) electrons. The molecular weight excluding hydrogens is 301 g/mol. The minimum Gasteiger partial charge on any atom is -0.207 e. The van der Waals surface area contributed by atoms with Crippen molar-refractivity contribution >= 4 is 21.6 Å². The van der Waals surface area contributed by atoms with Crippen LogP contribution in [0.3, 0.4) is 0 Å². The molecule has 1 aromatic rings. The van der Waals surface area contributed by atoms with Crippen LogP contribution < -0.4 is 0 Å². The van der Waals surface area contributed by atoms with E-state index in [0.717, 1.165) is 19.3 Å². The molecule has 0 aliphatic carbocycles. The van der Waals surface area contributed by atoms with Crippen LogP contribution in [-0.2, 0) is 15.9 Å². The van der Waals surface area contributed by atoms with Crippen molar-refractivity contribution in [3.8, 4) is 0 Å². The van der Waals surface area contributed by atoms with Gasteiger partial charge in [-0.2, -0.15) is 4.31 Å². The lowest BCUT2D eigenvalue weighted by atomic mass is 9.97. The fourth-order valence-electron chi connectivity index (χ4n) is 2.55. The van der Waals surface area contributed by atoms with Crippen LogP contribution in [0.25, 0.3) is 0 Å². The summed E-state index contributed by atoms with van der Waals surface area (Å²) in [5, 5.41) is 0. The zero-order valence-corrected chi connectivity index (χ0v) is 13.1. The second kappa shape index (κ2) is 6.41. The Kier molecular flexibility index (Phi) is 5.04. The summed E-state index contributed by atoms with van der Waals surface area (Å²) in [5.41, 5.74) is 0.607. The Morgan fingerprint density at radius 1 is 1.45 bits per heavy atom. The van der Waals surface area contributed by atoms with Gasteiger partial charge in [-0.05, 0) is 36.5 Å². The molecule has 6 heteroatoms. The van der Waals surface area contributed by atoms with Gasteiger partial charge >= 0.3 is 0 Å². The molecule has 3 nitrogen and oxygen atoms in total. The molecule has 0 aromatic heterocycles. The van der Waals surface area contributed by atoms with Crippen LogP contribution in [-0.4, -0.2) is 25.8 Å². The van der Waals surface area contributed by atoms with Crippen LogP contribution in [0.1, 0.15) is 31.7 Å². The highest BCUT2D eigenvalue weighted by atomic mass is 35.5. The molecule has 1 atom stereocenters. The van der Waals surface area contributed by atoms with Crippen molar-refractivity contribution in [2.45, 2.75) is 37.0 Å². The number of alkyl halides is 1. The molecule has 1 saturated heterocycles. The summed E-state index contributed by atoms with van der Waals surface area (Å²) in [7, 11) is -3.77. The topological polar surface area (TPSA) is 37.4 Å². The summed E-state index contributed by atoms with van der Waals surface area (Å²) >= 11 is 5.70. The summed E-state index contributed by atoms with van der Waals surface area (Å²) in [6.45, 7) is 2.99. The number of halogens is 2. The minimum atomic E-state index is -3.77. The molecule has 1 heterocycles. The van der Waals surface area contributed by atoms with Gasteiger partial charge in [0.1, 0.15) is 10.7 Å². The monoisotopic (exact) mass is 319 g/mol. The molecule has 1 fully saturated rings. The average molecular weight is 320 g/mol. The van der Waals surface area contributed by atoms with E-state index in [9.17, 15) is 12.8 Å². The van der Waals surface area contributed by atoms with Crippen LogP contribution in [0.4, 0.5) is 4.39 Å². The van der Waals surface area contributed by atoms with Gasteiger partial charge in [0.25, 0.3) is 0 Å². The Morgan fingerprint density at radius 3 is 2.85 bits per heavy atom. The maximum atomic E-state index is 13.9. The molecule has 0 amide bonds. The van der Waals surface area contributed by atoms with Crippen molar-refractivity contribution in [3.05, 3.63) is 29.6 Å². The molecule has 2 rings (SSSR count). The van der Waals surface area contributed by atoms with E-state index < -0.39 is 15.8 Å². The van der Waals surface area contributed by atoms with Gasteiger partial charge in [-0.1, -0.05) is 19.4 Å². The van der Waals surface area contributed by atoms with E-state index in [2.05, 4.69) is 6.92 Å². The maximum absolute atomic E-state index is 13.9. The lowest BCUT2D eigenvalue weighted by molar-refractivity contribution is 0.261. The first-order chi connectivity index (χ1) is 9.48. The average Bonchev–Trinajstić information content (AvgIpc) is 2.47. The highest BCUT2D eigenvalue weighted by Gasteiger charge is 2.31. The fourth-order valence-corrected chi connectivity index (χ4v) is 4.38. The SMILES string of the molecule is CCC1CCCN(S(=O)(=O)c2cc(CCl)ccc2F)C1. The highest BCUT2D eigenvalue weighted by molar-refractivity contribution is 7.89. The van der Waals surface area contributed by atoms with E-state index >= 15 is 0 Å². The lowest BCUT2D eigenvalue weighted by Gasteiger charge is -2.31.